The van der Waals surface area contributed by atoms with Gasteiger partial charge in [0.25, 0.3) is 0 Å². The highest BCUT2D eigenvalue weighted by Crippen LogP contribution is 2.20. The predicted octanol–water partition coefficient (Wildman–Crippen LogP) is 3.34. The fraction of sp³-hybridized carbons (Fsp3) is 0.353. The predicted molar refractivity (Wildman–Crippen MR) is 85.5 cm³/mol. The number of rotatable bonds is 2. The number of hydrogen-bond donors (Lipinski definition) is 0. The Morgan fingerprint density at radius 2 is 1.84 bits per heavy atom. The first-order valence-electron chi connectivity index (χ1n) is 8.12. The van der Waals surface area contributed by atoms with E-state index in [2.05, 4.69) is 44.8 Å². The average molecular weight is 273 g/mol. The zero-order valence-corrected chi connectivity index (χ0v) is 13.4. The Morgan fingerprint density at radius 3 is 2.42 bits per heavy atom. The van der Waals surface area contributed by atoms with E-state index in [1.165, 1.54) is 10.8 Å². The van der Waals surface area contributed by atoms with Crippen molar-refractivity contribution in [2.75, 3.05) is 0 Å². The van der Waals surface area contributed by atoms with Gasteiger partial charge in [0.1, 0.15) is 7.05 Å². The first kappa shape index (κ1) is 10.4. The first-order valence-corrected chi connectivity index (χ1v) is 10.1. The summed E-state index contributed by atoms with van der Waals surface area (Å²) in [5.41, 5.74) is 3.61. The monoisotopic (exact) mass is 273 g/mol. The number of aromatic nitrogens is 1. The molecule has 0 spiro atoms. The molecule has 0 radical (unpaired) electrons. The molecular weight excluding hydrogens is 246 g/mol. The van der Waals surface area contributed by atoms with Gasteiger partial charge in [0.2, 0.25) is 5.69 Å². The van der Waals surface area contributed by atoms with Crippen LogP contribution < -0.4 is 9.75 Å². The van der Waals surface area contributed by atoms with E-state index in [0.29, 0.717) is 5.56 Å². The fourth-order valence-electron chi connectivity index (χ4n) is 2.25. The Bertz CT molecular complexity index is 700. The van der Waals surface area contributed by atoms with Gasteiger partial charge in [-0.05, 0) is 31.0 Å². The van der Waals surface area contributed by atoms with Gasteiger partial charge in [-0.3, -0.25) is 0 Å². The van der Waals surface area contributed by atoms with E-state index in [4.69, 9.17) is 4.11 Å². The molecule has 0 amide bonds. The minimum atomic E-state index is -2.07. The van der Waals surface area contributed by atoms with Gasteiger partial charge in [0.05, 0.1) is 8.07 Å². The maximum atomic E-state index is 7.60. The lowest BCUT2D eigenvalue weighted by molar-refractivity contribution is -0.660. The lowest BCUT2D eigenvalue weighted by Crippen LogP contribution is -2.38. The molecule has 0 aliphatic rings. The van der Waals surface area contributed by atoms with Crippen LogP contribution in [0.4, 0.5) is 0 Å². The molecule has 1 aromatic heterocycles. The van der Waals surface area contributed by atoms with Crippen LogP contribution in [0, 0.1) is 13.8 Å². The maximum Gasteiger partial charge on any atom is 0.212 e. The van der Waals surface area contributed by atoms with E-state index in [-0.39, 0.29) is 0 Å². The highest BCUT2D eigenvalue weighted by Gasteiger charge is 2.19. The van der Waals surface area contributed by atoms with Crippen molar-refractivity contribution >= 4 is 13.3 Å². The Labute approximate surface area is 122 Å². The van der Waals surface area contributed by atoms with Crippen LogP contribution in [-0.2, 0) is 7.05 Å². The molecule has 1 nitrogen and oxygen atoms in total. The summed E-state index contributed by atoms with van der Waals surface area (Å²) in [6, 6.07) is 10.0. The molecule has 0 aliphatic carbocycles. The maximum absolute atomic E-state index is 7.60. The van der Waals surface area contributed by atoms with Crippen LogP contribution in [0.5, 0.6) is 0 Å². The van der Waals surface area contributed by atoms with Crippen molar-refractivity contribution < 1.29 is 8.68 Å². The summed E-state index contributed by atoms with van der Waals surface area (Å²) < 4.78 is 24.8. The second kappa shape index (κ2) is 4.93. The zero-order valence-electron chi connectivity index (χ0n) is 15.4. The van der Waals surface area contributed by atoms with Crippen molar-refractivity contribution in [2.24, 2.45) is 7.05 Å². The van der Waals surface area contributed by atoms with Crippen molar-refractivity contribution in [3.8, 4) is 11.3 Å². The average Bonchev–Trinajstić information content (AvgIpc) is 2.37. The third-order valence-electron chi connectivity index (χ3n) is 3.52. The zero-order chi connectivity index (χ0) is 16.7. The quantitative estimate of drug-likeness (QED) is 0.584. The molecule has 0 aliphatic heterocycles. The molecule has 1 heterocycles. The van der Waals surface area contributed by atoms with Gasteiger partial charge < -0.3 is 0 Å². The third kappa shape index (κ3) is 2.95. The SMILES string of the molecule is [2H]C([2H])([2H])c1cc[n+](C)c(-c2ccc([Si](C)(C)C)cc2C)c1. The molecule has 100 valence electrons. The molecule has 19 heavy (non-hydrogen) atoms. The van der Waals surface area contributed by atoms with Gasteiger partial charge in [-0.2, -0.15) is 0 Å². The molecule has 0 saturated carbocycles. The summed E-state index contributed by atoms with van der Waals surface area (Å²) >= 11 is 0. The first-order chi connectivity index (χ1) is 10.00. The molecule has 1 aromatic carbocycles. The molecule has 0 fully saturated rings. The summed E-state index contributed by atoms with van der Waals surface area (Å²) in [7, 11) is 0.609. The van der Waals surface area contributed by atoms with Crippen LogP contribution >= 0.6 is 0 Å². The van der Waals surface area contributed by atoms with Gasteiger partial charge in [0, 0.05) is 21.8 Å². The lowest BCUT2D eigenvalue weighted by atomic mass is 10.0. The molecule has 2 heteroatoms. The minimum Gasteiger partial charge on any atom is -0.201 e. The second-order valence-corrected chi connectivity index (χ2v) is 11.3. The molecule has 0 bridgehead atoms. The van der Waals surface area contributed by atoms with Crippen molar-refractivity contribution in [2.45, 2.75) is 33.4 Å². The number of hydrogen-bond acceptors (Lipinski definition) is 0. The Kier molecular flexibility index (Phi) is 2.69. The smallest absolute Gasteiger partial charge is 0.201 e. The van der Waals surface area contributed by atoms with E-state index in [0.717, 1.165) is 11.3 Å². The summed E-state index contributed by atoms with van der Waals surface area (Å²) in [6.07, 6.45) is 1.82. The van der Waals surface area contributed by atoms with E-state index in [1.54, 1.807) is 12.1 Å². The van der Waals surface area contributed by atoms with Crippen LogP contribution in [0.3, 0.4) is 0 Å². The van der Waals surface area contributed by atoms with Crippen molar-refractivity contribution in [1.29, 1.82) is 0 Å². The normalized spacial score (nSPS) is 14.7. The lowest BCUT2D eigenvalue weighted by Gasteiger charge is -2.18. The second-order valence-electron chi connectivity index (χ2n) is 6.19. The molecular formula is C17H24NSi+. The van der Waals surface area contributed by atoms with E-state index < -0.39 is 14.9 Å². The topological polar surface area (TPSA) is 3.88 Å². The number of nitrogens with zero attached hydrogens (tertiary/aromatic N) is 1. The summed E-state index contributed by atoms with van der Waals surface area (Å²) in [5.74, 6) is 0. The van der Waals surface area contributed by atoms with Crippen LogP contribution in [0.1, 0.15) is 15.2 Å². The Hall–Kier alpha value is -1.41. The van der Waals surface area contributed by atoms with Gasteiger partial charge in [0.15, 0.2) is 6.20 Å². The van der Waals surface area contributed by atoms with Crippen LogP contribution in [0.2, 0.25) is 19.6 Å². The molecule has 2 aromatic rings. The number of pyridine rings is 1. The molecule has 0 N–H and O–H groups in total. The van der Waals surface area contributed by atoms with Crippen LogP contribution in [0.25, 0.3) is 11.3 Å². The Morgan fingerprint density at radius 1 is 1.11 bits per heavy atom. The van der Waals surface area contributed by atoms with Crippen molar-refractivity contribution in [3.05, 3.63) is 47.7 Å². The molecule has 2 rings (SSSR count). The van der Waals surface area contributed by atoms with Crippen LogP contribution in [-0.4, -0.2) is 8.07 Å². The van der Waals surface area contributed by atoms with Crippen molar-refractivity contribution in [1.82, 2.24) is 0 Å². The van der Waals surface area contributed by atoms with Crippen LogP contribution in [0.15, 0.2) is 36.5 Å². The van der Waals surface area contributed by atoms with Crippen molar-refractivity contribution in [3.63, 3.8) is 0 Å². The summed E-state index contributed by atoms with van der Waals surface area (Å²) in [6.45, 7) is 7.01. The molecule has 0 saturated heterocycles. The highest BCUT2D eigenvalue weighted by atomic mass is 28.3. The number of aryl methyl sites for hydroxylation is 3. The molecule has 0 unspecified atom stereocenters. The molecule has 0 atom stereocenters. The third-order valence-corrected chi connectivity index (χ3v) is 5.56. The Balaban J connectivity index is 2.57. The highest BCUT2D eigenvalue weighted by molar-refractivity contribution is 6.88. The van der Waals surface area contributed by atoms with E-state index in [1.807, 2.05) is 17.8 Å². The fourth-order valence-corrected chi connectivity index (χ4v) is 3.49. The standard InChI is InChI=1S/C17H24NSi/c1-13-9-10-18(3)17(11-13)16-8-7-15(12-14(16)2)19(4,5)6/h7-12H,1-6H3/q+1/i1D3. The summed E-state index contributed by atoms with van der Waals surface area (Å²) in [5, 5.41) is 1.42. The van der Waals surface area contributed by atoms with E-state index >= 15 is 0 Å². The van der Waals surface area contributed by atoms with E-state index in [9.17, 15) is 0 Å². The van der Waals surface area contributed by atoms with Gasteiger partial charge in [-0.1, -0.05) is 37.0 Å². The largest absolute Gasteiger partial charge is 0.212 e. The number of benzene rings is 1. The van der Waals surface area contributed by atoms with Gasteiger partial charge >= 0.3 is 0 Å². The minimum absolute atomic E-state index is 0.384. The van der Waals surface area contributed by atoms with Gasteiger partial charge in [-0.25, -0.2) is 4.57 Å². The van der Waals surface area contributed by atoms with Gasteiger partial charge in [-0.15, -0.1) is 0 Å². The summed E-state index contributed by atoms with van der Waals surface area (Å²) in [4.78, 5) is 0.